The van der Waals surface area contributed by atoms with Gasteiger partial charge in [-0.3, -0.25) is 9.25 Å². The van der Waals surface area contributed by atoms with Gasteiger partial charge in [0.25, 0.3) is 0 Å². The van der Waals surface area contributed by atoms with Crippen molar-refractivity contribution in [3.8, 4) is 23.0 Å². The molecule has 0 fully saturated rings. The molecule has 1 unspecified atom stereocenters. The molecule has 5 rings (SSSR count). The van der Waals surface area contributed by atoms with Crippen LogP contribution in [0.4, 0.5) is 0 Å². The third-order valence-corrected chi connectivity index (χ3v) is 4.92. The van der Waals surface area contributed by atoms with Crippen molar-refractivity contribution in [1.29, 1.82) is 0 Å². The molecule has 6 nitrogen and oxygen atoms in total. The molecule has 0 saturated heterocycles. The van der Waals surface area contributed by atoms with Crippen LogP contribution in [0.1, 0.15) is 24.6 Å². The van der Waals surface area contributed by atoms with Gasteiger partial charge in [-0.25, -0.2) is 4.98 Å². The van der Waals surface area contributed by atoms with Crippen LogP contribution in [0.25, 0.3) is 17.2 Å². The van der Waals surface area contributed by atoms with Crippen LogP contribution >= 0.6 is 0 Å². The first-order valence-corrected chi connectivity index (χ1v) is 8.89. The second kappa shape index (κ2) is 5.74. The molecule has 0 aliphatic carbocycles. The van der Waals surface area contributed by atoms with E-state index in [1.807, 2.05) is 12.4 Å². The zero-order valence-corrected chi connectivity index (χ0v) is 14.3. The van der Waals surface area contributed by atoms with Gasteiger partial charge in [-0.1, -0.05) is 0 Å². The molecular formula is C19H21N5O. The number of fused-ring (bicyclic) bond motifs is 2. The van der Waals surface area contributed by atoms with Gasteiger partial charge in [0.1, 0.15) is 17.5 Å². The Morgan fingerprint density at radius 2 is 2.24 bits per heavy atom. The van der Waals surface area contributed by atoms with Crippen molar-refractivity contribution < 1.29 is 4.74 Å². The molecule has 3 aromatic rings. The second-order valence-corrected chi connectivity index (χ2v) is 6.82. The molecule has 1 N–H and O–H groups in total. The summed E-state index contributed by atoms with van der Waals surface area (Å²) in [7, 11) is 0. The first-order chi connectivity index (χ1) is 12.3. The lowest BCUT2D eigenvalue weighted by molar-refractivity contribution is 0.254. The van der Waals surface area contributed by atoms with E-state index in [1.54, 1.807) is 0 Å². The predicted octanol–water partition coefficient (Wildman–Crippen LogP) is 2.55. The van der Waals surface area contributed by atoms with Gasteiger partial charge in [0.15, 0.2) is 5.82 Å². The molecule has 0 bridgehead atoms. The molecule has 0 radical (unpaired) electrons. The number of benzene rings is 1. The molecule has 0 spiro atoms. The number of hydrogen-bond donors (Lipinski definition) is 1. The molecule has 4 heterocycles. The number of ether oxygens (including phenoxy) is 1. The largest absolute Gasteiger partial charge is 0.490 e. The highest BCUT2D eigenvalue weighted by Gasteiger charge is 2.21. The van der Waals surface area contributed by atoms with Crippen LogP contribution in [0.3, 0.4) is 0 Å². The molecular weight excluding hydrogens is 314 g/mol. The van der Waals surface area contributed by atoms with Crippen LogP contribution in [0, 0.1) is 0 Å². The maximum Gasteiger partial charge on any atom is 0.165 e. The van der Waals surface area contributed by atoms with Crippen LogP contribution in [0.2, 0.25) is 0 Å². The number of imidazole rings is 1. The molecule has 0 amide bonds. The summed E-state index contributed by atoms with van der Waals surface area (Å²) >= 11 is 0. The zero-order chi connectivity index (χ0) is 16.8. The fraction of sp³-hybridized carbons (Fsp3) is 0.368. The van der Waals surface area contributed by atoms with Crippen molar-refractivity contribution in [3.05, 3.63) is 47.9 Å². The number of rotatable bonds is 2. The smallest absolute Gasteiger partial charge is 0.165 e. The second-order valence-electron chi connectivity index (χ2n) is 6.82. The Morgan fingerprint density at radius 1 is 1.28 bits per heavy atom. The van der Waals surface area contributed by atoms with E-state index in [0.29, 0.717) is 0 Å². The Bertz CT molecular complexity index is 902. The summed E-state index contributed by atoms with van der Waals surface area (Å²) in [5.41, 5.74) is 4.51. The number of aryl methyl sites for hydroxylation is 1. The third kappa shape index (κ3) is 2.53. The van der Waals surface area contributed by atoms with E-state index in [0.717, 1.165) is 55.4 Å². The molecule has 2 aliphatic heterocycles. The summed E-state index contributed by atoms with van der Waals surface area (Å²) in [5, 5.41) is 8.23. The number of nitrogens with zero attached hydrogens (tertiary/aromatic N) is 4. The van der Waals surface area contributed by atoms with Gasteiger partial charge in [-0.15, -0.1) is 0 Å². The summed E-state index contributed by atoms with van der Waals surface area (Å²) in [5.74, 6) is 1.88. The van der Waals surface area contributed by atoms with Gasteiger partial charge < -0.3 is 10.1 Å². The fourth-order valence-corrected chi connectivity index (χ4v) is 3.73. The summed E-state index contributed by atoms with van der Waals surface area (Å²) in [6, 6.07) is 8.50. The quantitative estimate of drug-likeness (QED) is 0.782. The Balaban J connectivity index is 1.54. The minimum Gasteiger partial charge on any atom is -0.490 e. The van der Waals surface area contributed by atoms with E-state index < -0.39 is 0 Å². The van der Waals surface area contributed by atoms with E-state index in [1.165, 1.54) is 11.3 Å². The minimum atomic E-state index is 0.254. The number of hydrogen-bond acceptors (Lipinski definition) is 4. The molecule has 6 heteroatoms. The summed E-state index contributed by atoms with van der Waals surface area (Å²) in [4.78, 5) is 4.57. The van der Waals surface area contributed by atoms with Gasteiger partial charge in [0.05, 0.1) is 5.69 Å². The van der Waals surface area contributed by atoms with Crippen LogP contribution in [0.15, 0.2) is 36.7 Å². The van der Waals surface area contributed by atoms with E-state index in [4.69, 9.17) is 9.84 Å². The Morgan fingerprint density at radius 3 is 3.20 bits per heavy atom. The number of aromatic nitrogens is 4. The maximum absolute atomic E-state index is 5.81. The molecule has 2 aliphatic rings. The summed E-state index contributed by atoms with van der Waals surface area (Å²) in [6.07, 6.45) is 6.15. The predicted molar refractivity (Wildman–Crippen MR) is 94.9 cm³/mol. The monoisotopic (exact) mass is 335 g/mol. The zero-order valence-electron chi connectivity index (χ0n) is 14.3. The molecule has 0 saturated carbocycles. The molecule has 1 aromatic carbocycles. The lowest BCUT2D eigenvalue weighted by Gasteiger charge is -2.08. The Kier molecular flexibility index (Phi) is 3.38. The van der Waals surface area contributed by atoms with Crippen LogP contribution in [0.5, 0.6) is 5.75 Å². The van der Waals surface area contributed by atoms with Crippen molar-refractivity contribution in [3.63, 3.8) is 0 Å². The number of nitrogens with one attached hydrogen (secondary N) is 1. The van der Waals surface area contributed by atoms with Gasteiger partial charge in [0.2, 0.25) is 0 Å². The Hall–Kier alpha value is -2.60. The average Bonchev–Trinajstić information content (AvgIpc) is 3.28. The van der Waals surface area contributed by atoms with E-state index in [-0.39, 0.29) is 6.10 Å². The highest BCUT2D eigenvalue weighted by molar-refractivity contribution is 5.56. The SMILES string of the molecule is CC1Cc2cc(-n3ccnc3-c3cc4n(n3)CCCNC4)ccc2O1. The lowest BCUT2D eigenvalue weighted by Crippen LogP contribution is -2.11. The van der Waals surface area contributed by atoms with E-state index >= 15 is 0 Å². The normalized spacial score (nSPS) is 19.2. The fourth-order valence-electron chi connectivity index (χ4n) is 3.73. The summed E-state index contributed by atoms with van der Waals surface area (Å²) in [6.45, 7) is 4.97. The van der Waals surface area contributed by atoms with Gasteiger partial charge in [-0.05, 0) is 49.7 Å². The third-order valence-electron chi connectivity index (χ3n) is 4.92. The van der Waals surface area contributed by atoms with Crippen molar-refractivity contribution >= 4 is 0 Å². The van der Waals surface area contributed by atoms with Crippen LogP contribution < -0.4 is 10.1 Å². The van der Waals surface area contributed by atoms with Crippen LogP contribution in [-0.2, 0) is 19.5 Å². The van der Waals surface area contributed by atoms with Crippen LogP contribution in [-0.4, -0.2) is 32.0 Å². The van der Waals surface area contributed by atoms with Crippen molar-refractivity contribution in [2.45, 2.75) is 39.0 Å². The first kappa shape index (κ1) is 14.7. The molecule has 128 valence electrons. The van der Waals surface area contributed by atoms with Crippen molar-refractivity contribution in [2.24, 2.45) is 0 Å². The highest BCUT2D eigenvalue weighted by Crippen LogP contribution is 2.31. The van der Waals surface area contributed by atoms with Gasteiger partial charge in [-0.2, -0.15) is 5.10 Å². The van der Waals surface area contributed by atoms with Crippen molar-refractivity contribution in [2.75, 3.05) is 6.54 Å². The molecule has 2 aromatic heterocycles. The lowest BCUT2D eigenvalue weighted by atomic mass is 10.1. The first-order valence-electron chi connectivity index (χ1n) is 8.89. The van der Waals surface area contributed by atoms with Gasteiger partial charge >= 0.3 is 0 Å². The standard InChI is InChI=1S/C19H21N5O/c1-13-9-14-10-15(3-4-18(14)25-13)23-8-6-21-19(23)17-11-16-12-20-5-2-7-24(16)22-17/h3-4,6,8,10-11,13,20H,2,5,7,9,12H2,1H3. The average molecular weight is 335 g/mol. The topological polar surface area (TPSA) is 56.9 Å². The maximum atomic E-state index is 5.81. The van der Waals surface area contributed by atoms with Gasteiger partial charge in [0, 0.05) is 37.6 Å². The minimum absolute atomic E-state index is 0.254. The summed E-state index contributed by atoms with van der Waals surface area (Å²) < 4.78 is 10.0. The Labute approximate surface area is 146 Å². The van der Waals surface area contributed by atoms with E-state index in [2.05, 4.69) is 50.7 Å². The highest BCUT2D eigenvalue weighted by atomic mass is 16.5. The molecule has 25 heavy (non-hydrogen) atoms. The van der Waals surface area contributed by atoms with E-state index in [9.17, 15) is 0 Å². The van der Waals surface area contributed by atoms with Crippen molar-refractivity contribution in [1.82, 2.24) is 24.6 Å². The molecule has 1 atom stereocenters.